The minimum absolute atomic E-state index is 0.0125. The molecule has 0 spiro atoms. The minimum Gasteiger partial charge on any atom is -0.393 e. The molecule has 2 nitrogen and oxygen atoms in total. The summed E-state index contributed by atoms with van der Waals surface area (Å²) in [5, 5.41) is 13.1. The zero-order valence-corrected chi connectivity index (χ0v) is 7.79. The molecule has 1 heterocycles. The fourth-order valence-corrected chi connectivity index (χ4v) is 2.69. The molecule has 0 amide bonds. The Labute approximate surface area is 74.4 Å². The zero-order chi connectivity index (χ0) is 8.55. The highest BCUT2D eigenvalue weighted by Gasteiger charge is 2.33. The lowest BCUT2D eigenvalue weighted by Crippen LogP contribution is -2.49. The number of aliphatic hydroxyl groups excluding tert-OH is 1. The van der Waals surface area contributed by atoms with Crippen LogP contribution in [0.3, 0.4) is 0 Å². The summed E-state index contributed by atoms with van der Waals surface area (Å²) in [5.41, 5.74) is 0. The first kappa shape index (κ1) is 8.52. The molecule has 0 bridgehead atoms. The fraction of sp³-hybridized carbons (Fsp3) is 1.00. The first-order chi connectivity index (χ1) is 5.75. The standard InChI is InChI=1S/C10H19NO/c1-7-2-3-8-6-9(12)4-5-10(8)11-7/h7-12H,2-6H2,1H3. The third kappa shape index (κ3) is 1.64. The average Bonchev–Trinajstić information content (AvgIpc) is 2.05. The molecule has 1 saturated carbocycles. The van der Waals surface area contributed by atoms with E-state index in [1.54, 1.807) is 0 Å². The Morgan fingerprint density at radius 1 is 1.17 bits per heavy atom. The lowest BCUT2D eigenvalue weighted by molar-refractivity contribution is 0.0602. The Hall–Kier alpha value is -0.0800. The third-order valence-corrected chi connectivity index (χ3v) is 3.42. The van der Waals surface area contributed by atoms with Crippen molar-refractivity contribution in [1.29, 1.82) is 0 Å². The van der Waals surface area contributed by atoms with Crippen molar-refractivity contribution < 1.29 is 5.11 Å². The van der Waals surface area contributed by atoms with Gasteiger partial charge in [0.05, 0.1) is 6.10 Å². The number of rotatable bonds is 0. The topological polar surface area (TPSA) is 32.3 Å². The summed E-state index contributed by atoms with van der Waals surface area (Å²) in [6.07, 6.45) is 5.80. The number of hydrogen-bond donors (Lipinski definition) is 2. The molecule has 2 rings (SSSR count). The van der Waals surface area contributed by atoms with Crippen LogP contribution in [0.2, 0.25) is 0 Å². The summed E-state index contributed by atoms with van der Waals surface area (Å²) >= 11 is 0. The van der Waals surface area contributed by atoms with Crippen molar-refractivity contribution in [2.45, 2.75) is 57.2 Å². The Kier molecular flexibility index (Phi) is 2.37. The summed E-state index contributed by atoms with van der Waals surface area (Å²) in [4.78, 5) is 0. The number of nitrogens with one attached hydrogen (secondary N) is 1. The highest BCUT2D eigenvalue weighted by Crippen LogP contribution is 2.32. The number of piperidine rings is 1. The molecule has 0 aromatic carbocycles. The summed E-state index contributed by atoms with van der Waals surface area (Å²) in [7, 11) is 0. The van der Waals surface area contributed by atoms with Crippen molar-refractivity contribution in [3.63, 3.8) is 0 Å². The van der Waals surface area contributed by atoms with Gasteiger partial charge in [0, 0.05) is 12.1 Å². The molecule has 70 valence electrons. The Bertz CT molecular complexity index is 142. The van der Waals surface area contributed by atoms with Crippen LogP contribution in [0.1, 0.15) is 39.0 Å². The third-order valence-electron chi connectivity index (χ3n) is 3.42. The van der Waals surface area contributed by atoms with Gasteiger partial charge < -0.3 is 10.4 Å². The van der Waals surface area contributed by atoms with Crippen LogP contribution in [0, 0.1) is 5.92 Å². The second-order valence-electron chi connectivity index (χ2n) is 4.48. The molecule has 0 aromatic heterocycles. The van der Waals surface area contributed by atoms with Gasteiger partial charge in [0.15, 0.2) is 0 Å². The zero-order valence-electron chi connectivity index (χ0n) is 7.79. The molecule has 0 radical (unpaired) electrons. The average molecular weight is 169 g/mol. The van der Waals surface area contributed by atoms with E-state index < -0.39 is 0 Å². The minimum atomic E-state index is -0.0125. The highest BCUT2D eigenvalue weighted by atomic mass is 16.3. The van der Waals surface area contributed by atoms with Gasteiger partial charge in [-0.15, -0.1) is 0 Å². The summed E-state index contributed by atoms with van der Waals surface area (Å²) in [6, 6.07) is 1.40. The van der Waals surface area contributed by atoms with Crippen LogP contribution in [0.4, 0.5) is 0 Å². The van der Waals surface area contributed by atoms with Crippen LogP contribution in [-0.2, 0) is 0 Å². The van der Waals surface area contributed by atoms with Gasteiger partial charge in [-0.05, 0) is 44.9 Å². The monoisotopic (exact) mass is 169 g/mol. The van der Waals surface area contributed by atoms with Gasteiger partial charge in [-0.2, -0.15) is 0 Å². The van der Waals surface area contributed by atoms with E-state index in [0.717, 1.165) is 18.8 Å². The van der Waals surface area contributed by atoms with E-state index in [1.807, 2.05) is 0 Å². The van der Waals surface area contributed by atoms with E-state index in [2.05, 4.69) is 12.2 Å². The van der Waals surface area contributed by atoms with Crippen molar-refractivity contribution in [2.75, 3.05) is 0 Å². The predicted molar refractivity (Wildman–Crippen MR) is 49.0 cm³/mol. The smallest absolute Gasteiger partial charge is 0.0544 e. The molecule has 2 heteroatoms. The van der Waals surface area contributed by atoms with Crippen LogP contribution in [0.15, 0.2) is 0 Å². The Morgan fingerprint density at radius 3 is 2.83 bits per heavy atom. The number of aliphatic hydroxyl groups is 1. The molecule has 2 fully saturated rings. The Balaban J connectivity index is 1.94. The fourth-order valence-electron chi connectivity index (χ4n) is 2.69. The van der Waals surface area contributed by atoms with Crippen LogP contribution in [0.5, 0.6) is 0 Å². The summed E-state index contributed by atoms with van der Waals surface area (Å²) < 4.78 is 0. The van der Waals surface area contributed by atoms with Gasteiger partial charge in [0.1, 0.15) is 0 Å². The first-order valence-electron chi connectivity index (χ1n) is 5.20. The van der Waals surface area contributed by atoms with Crippen molar-refractivity contribution in [3.05, 3.63) is 0 Å². The molecular weight excluding hydrogens is 150 g/mol. The predicted octanol–water partition coefficient (Wildman–Crippen LogP) is 1.29. The molecule has 1 aliphatic heterocycles. The molecule has 1 saturated heterocycles. The maximum atomic E-state index is 9.49. The number of hydrogen-bond acceptors (Lipinski definition) is 2. The van der Waals surface area contributed by atoms with E-state index in [9.17, 15) is 5.11 Å². The van der Waals surface area contributed by atoms with Crippen LogP contribution in [0.25, 0.3) is 0 Å². The van der Waals surface area contributed by atoms with E-state index >= 15 is 0 Å². The largest absolute Gasteiger partial charge is 0.393 e. The van der Waals surface area contributed by atoms with Gasteiger partial charge in [-0.3, -0.25) is 0 Å². The van der Waals surface area contributed by atoms with Gasteiger partial charge in [-0.1, -0.05) is 0 Å². The van der Waals surface area contributed by atoms with Crippen molar-refractivity contribution in [3.8, 4) is 0 Å². The molecule has 4 unspecified atom stereocenters. The van der Waals surface area contributed by atoms with Gasteiger partial charge >= 0.3 is 0 Å². The SMILES string of the molecule is CC1CCC2CC(O)CCC2N1. The summed E-state index contributed by atoms with van der Waals surface area (Å²) in [6.45, 7) is 2.27. The van der Waals surface area contributed by atoms with Gasteiger partial charge in [-0.25, -0.2) is 0 Å². The summed E-state index contributed by atoms with van der Waals surface area (Å²) in [5.74, 6) is 0.755. The van der Waals surface area contributed by atoms with Crippen LogP contribution < -0.4 is 5.32 Å². The molecule has 2 N–H and O–H groups in total. The maximum Gasteiger partial charge on any atom is 0.0544 e. The van der Waals surface area contributed by atoms with Crippen LogP contribution in [-0.4, -0.2) is 23.3 Å². The van der Waals surface area contributed by atoms with Crippen molar-refractivity contribution in [1.82, 2.24) is 5.32 Å². The lowest BCUT2D eigenvalue weighted by Gasteiger charge is -2.41. The highest BCUT2D eigenvalue weighted by molar-refractivity contribution is 4.90. The Morgan fingerprint density at radius 2 is 2.00 bits per heavy atom. The van der Waals surface area contributed by atoms with Crippen molar-refractivity contribution >= 4 is 0 Å². The van der Waals surface area contributed by atoms with E-state index in [-0.39, 0.29) is 6.10 Å². The second-order valence-corrected chi connectivity index (χ2v) is 4.48. The quantitative estimate of drug-likeness (QED) is 0.572. The van der Waals surface area contributed by atoms with E-state index in [1.165, 1.54) is 19.3 Å². The van der Waals surface area contributed by atoms with E-state index in [0.29, 0.717) is 12.1 Å². The number of fused-ring (bicyclic) bond motifs is 1. The normalized spacial score (nSPS) is 48.5. The maximum absolute atomic E-state index is 9.49. The van der Waals surface area contributed by atoms with Gasteiger partial charge in [0.25, 0.3) is 0 Å². The molecule has 0 aromatic rings. The first-order valence-corrected chi connectivity index (χ1v) is 5.20. The van der Waals surface area contributed by atoms with Crippen molar-refractivity contribution in [2.24, 2.45) is 5.92 Å². The molecular formula is C10H19NO. The lowest BCUT2D eigenvalue weighted by atomic mass is 9.77. The molecule has 1 aliphatic carbocycles. The van der Waals surface area contributed by atoms with E-state index in [4.69, 9.17) is 0 Å². The van der Waals surface area contributed by atoms with Gasteiger partial charge in [0.2, 0.25) is 0 Å². The van der Waals surface area contributed by atoms with Crippen LogP contribution >= 0.6 is 0 Å². The molecule has 4 atom stereocenters. The molecule has 2 aliphatic rings. The second kappa shape index (κ2) is 3.35. The molecule has 12 heavy (non-hydrogen) atoms.